The molecule has 0 radical (unpaired) electrons. The predicted molar refractivity (Wildman–Crippen MR) is 113 cm³/mol. The Balaban J connectivity index is 2.05. The SMILES string of the molecule is CCN(Cc1ccc(C(=O)NC(CC(C)C)C(=O)O)cc1)c1nc(C)c(C)s1. The van der Waals surface area contributed by atoms with Crippen LogP contribution in [0.5, 0.6) is 0 Å². The van der Waals surface area contributed by atoms with Crippen LogP contribution in [0.2, 0.25) is 0 Å². The molecule has 7 heteroatoms. The Bertz CT molecular complexity index is 795. The van der Waals surface area contributed by atoms with Crippen molar-refractivity contribution in [1.82, 2.24) is 10.3 Å². The summed E-state index contributed by atoms with van der Waals surface area (Å²) in [6.07, 6.45) is 0.400. The van der Waals surface area contributed by atoms with Gasteiger partial charge in [0.25, 0.3) is 5.91 Å². The van der Waals surface area contributed by atoms with Gasteiger partial charge in [0.2, 0.25) is 0 Å². The number of benzene rings is 1. The lowest BCUT2D eigenvalue weighted by Crippen LogP contribution is -2.41. The Kier molecular flexibility index (Phi) is 7.57. The van der Waals surface area contributed by atoms with Gasteiger partial charge in [-0.05, 0) is 50.8 Å². The maximum Gasteiger partial charge on any atom is 0.326 e. The number of carboxylic acids is 1. The van der Waals surface area contributed by atoms with Crippen molar-refractivity contribution < 1.29 is 14.7 Å². The summed E-state index contributed by atoms with van der Waals surface area (Å²) in [4.78, 5) is 31.8. The quantitative estimate of drug-likeness (QED) is 0.661. The third kappa shape index (κ3) is 5.79. The number of hydrogen-bond donors (Lipinski definition) is 2. The first-order valence-electron chi connectivity index (χ1n) is 9.52. The molecule has 152 valence electrons. The van der Waals surface area contributed by atoms with E-state index in [1.807, 2.05) is 32.9 Å². The van der Waals surface area contributed by atoms with E-state index in [0.29, 0.717) is 18.5 Å². The van der Waals surface area contributed by atoms with Crippen LogP contribution >= 0.6 is 11.3 Å². The van der Waals surface area contributed by atoms with Crippen molar-refractivity contribution in [3.63, 3.8) is 0 Å². The van der Waals surface area contributed by atoms with Crippen molar-refractivity contribution in [2.24, 2.45) is 5.92 Å². The average Bonchev–Trinajstić information content (AvgIpc) is 2.97. The Morgan fingerprint density at radius 3 is 2.32 bits per heavy atom. The zero-order chi connectivity index (χ0) is 20.8. The zero-order valence-corrected chi connectivity index (χ0v) is 18.0. The molecule has 0 saturated carbocycles. The van der Waals surface area contributed by atoms with Crippen molar-refractivity contribution in [2.75, 3.05) is 11.4 Å². The molecule has 1 aromatic carbocycles. The third-order valence-electron chi connectivity index (χ3n) is 4.57. The highest BCUT2D eigenvalue weighted by molar-refractivity contribution is 7.15. The van der Waals surface area contributed by atoms with Crippen molar-refractivity contribution in [3.8, 4) is 0 Å². The summed E-state index contributed by atoms with van der Waals surface area (Å²) in [5, 5.41) is 12.9. The monoisotopic (exact) mass is 403 g/mol. The molecule has 0 fully saturated rings. The van der Waals surface area contributed by atoms with Gasteiger partial charge in [0.1, 0.15) is 6.04 Å². The van der Waals surface area contributed by atoms with Crippen molar-refractivity contribution in [1.29, 1.82) is 0 Å². The van der Waals surface area contributed by atoms with E-state index in [4.69, 9.17) is 0 Å². The van der Waals surface area contributed by atoms with Gasteiger partial charge in [0.15, 0.2) is 5.13 Å². The molecule has 1 heterocycles. The van der Waals surface area contributed by atoms with Crippen LogP contribution in [0.25, 0.3) is 0 Å². The van der Waals surface area contributed by atoms with E-state index in [9.17, 15) is 14.7 Å². The second-order valence-corrected chi connectivity index (χ2v) is 8.52. The Morgan fingerprint density at radius 2 is 1.86 bits per heavy atom. The number of amides is 1. The first kappa shape index (κ1) is 21.9. The molecule has 0 aliphatic rings. The van der Waals surface area contributed by atoms with Gasteiger partial charge in [-0.2, -0.15) is 0 Å². The van der Waals surface area contributed by atoms with Gasteiger partial charge in [-0.15, -0.1) is 11.3 Å². The molecule has 6 nitrogen and oxygen atoms in total. The maximum atomic E-state index is 12.4. The molecule has 28 heavy (non-hydrogen) atoms. The summed E-state index contributed by atoms with van der Waals surface area (Å²) < 4.78 is 0. The van der Waals surface area contributed by atoms with Crippen LogP contribution in [0.1, 0.15) is 53.7 Å². The summed E-state index contributed by atoms with van der Waals surface area (Å²) in [7, 11) is 0. The molecule has 0 aliphatic carbocycles. The predicted octanol–water partition coefficient (Wildman–Crippen LogP) is 4.02. The molecule has 2 aromatic rings. The topological polar surface area (TPSA) is 82.5 Å². The largest absolute Gasteiger partial charge is 0.480 e. The van der Waals surface area contributed by atoms with Crippen LogP contribution in [-0.4, -0.2) is 34.6 Å². The van der Waals surface area contributed by atoms with E-state index in [-0.39, 0.29) is 11.8 Å². The van der Waals surface area contributed by atoms with Crippen LogP contribution in [0.15, 0.2) is 24.3 Å². The number of aromatic nitrogens is 1. The van der Waals surface area contributed by atoms with E-state index in [1.165, 1.54) is 4.88 Å². The minimum Gasteiger partial charge on any atom is -0.480 e. The average molecular weight is 404 g/mol. The molecule has 2 N–H and O–H groups in total. The summed E-state index contributed by atoms with van der Waals surface area (Å²) in [5.41, 5.74) is 2.59. The maximum absolute atomic E-state index is 12.4. The number of carbonyl (C=O) groups excluding carboxylic acids is 1. The van der Waals surface area contributed by atoms with Crippen LogP contribution in [0.3, 0.4) is 0 Å². The highest BCUT2D eigenvalue weighted by Crippen LogP contribution is 2.26. The number of nitrogens with zero attached hydrogens (tertiary/aromatic N) is 2. The molecular formula is C21H29N3O3S. The van der Waals surface area contributed by atoms with Gasteiger partial charge in [-0.25, -0.2) is 9.78 Å². The minimum absolute atomic E-state index is 0.182. The lowest BCUT2D eigenvalue weighted by molar-refractivity contribution is -0.139. The van der Waals surface area contributed by atoms with E-state index in [0.717, 1.165) is 22.9 Å². The molecule has 0 bridgehead atoms. The number of nitrogens with one attached hydrogen (secondary N) is 1. The summed E-state index contributed by atoms with van der Waals surface area (Å²) in [6, 6.07) is 6.42. The van der Waals surface area contributed by atoms with E-state index in [2.05, 4.69) is 29.0 Å². The molecule has 1 unspecified atom stereocenters. The fraction of sp³-hybridized carbons (Fsp3) is 0.476. The smallest absolute Gasteiger partial charge is 0.326 e. The van der Waals surface area contributed by atoms with Crippen molar-refractivity contribution in [3.05, 3.63) is 46.0 Å². The van der Waals surface area contributed by atoms with Gasteiger partial charge in [0.05, 0.1) is 5.69 Å². The van der Waals surface area contributed by atoms with Gasteiger partial charge in [-0.1, -0.05) is 26.0 Å². The number of anilines is 1. The van der Waals surface area contributed by atoms with Crippen molar-refractivity contribution in [2.45, 2.75) is 53.6 Å². The van der Waals surface area contributed by atoms with Gasteiger partial charge < -0.3 is 15.3 Å². The second-order valence-electron chi connectivity index (χ2n) is 7.34. The molecule has 1 atom stereocenters. The van der Waals surface area contributed by atoms with E-state index >= 15 is 0 Å². The third-order valence-corrected chi connectivity index (χ3v) is 5.70. The number of aliphatic carboxylic acids is 1. The highest BCUT2D eigenvalue weighted by Gasteiger charge is 2.21. The van der Waals surface area contributed by atoms with E-state index < -0.39 is 12.0 Å². The highest BCUT2D eigenvalue weighted by atomic mass is 32.1. The summed E-state index contributed by atoms with van der Waals surface area (Å²) in [6.45, 7) is 11.6. The molecule has 0 spiro atoms. The molecular weight excluding hydrogens is 374 g/mol. The first-order valence-corrected chi connectivity index (χ1v) is 10.3. The molecule has 1 amide bonds. The van der Waals surface area contributed by atoms with Gasteiger partial charge in [0, 0.05) is 23.5 Å². The number of rotatable bonds is 9. The fourth-order valence-electron chi connectivity index (χ4n) is 2.82. The number of carboxylic acid groups (broad SMARTS) is 1. The Labute approximate surface area is 170 Å². The second kappa shape index (κ2) is 9.68. The normalized spacial score (nSPS) is 12.1. The summed E-state index contributed by atoms with van der Waals surface area (Å²) >= 11 is 1.68. The lowest BCUT2D eigenvalue weighted by Gasteiger charge is -2.20. The van der Waals surface area contributed by atoms with Gasteiger partial charge in [-0.3, -0.25) is 4.79 Å². The fourth-order valence-corrected chi connectivity index (χ4v) is 3.79. The zero-order valence-electron chi connectivity index (χ0n) is 17.2. The van der Waals surface area contributed by atoms with Crippen LogP contribution in [0, 0.1) is 19.8 Å². The lowest BCUT2D eigenvalue weighted by atomic mass is 10.0. The summed E-state index contributed by atoms with van der Waals surface area (Å²) in [5.74, 6) is -1.19. The van der Waals surface area contributed by atoms with Crippen LogP contribution in [-0.2, 0) is 11.3 Å². The van der Waals surface area contributed by atoms with Crippen molar-refractivity contribution >= 4 is 28.3 Å². The Hall–Kier alpha value is -2.41. The van der Waals surface area contributed by atoms with Gasteiger partial charge >= 0.3 is 5.97 Å². The van der Waals surface area contributed by atoms with Crippen LogP contribution < -0.4 is 10.2 Å². The minimum atomic E-state index is -1.01. The molecule has 0 aliphatic heterocycles. The molecule has 2 rings (SSSR count). The molecule has 0 saturated heterocycles. The standard InChI is InChI=1S/C21H29N3O3S/c1-6-24(21-22-14(4)15(5)28-21)12-16-7-9-17(10-8-16)19(25)23-18(20(26)27)11-13(2)3/h7-10,13,18H,6,11-12H2,1-5H3,(H,23,25)(H,26,27). The number of hydrogen-bond acceptors (Lipinski definition) is 5. The van der Waals surface area contributed by atoms with Crippen LogP contribution in [0.4, 0.5) is 5.13 Å². The Morgan fingerprint density at radius 1 is 1.21 bits per heavy atom. The molecule has 1 aromatic heterocycles. The number of aryl methyl sites for hydroxylation is 2. The number of thiazole rings is 1. The van der Waals surface area contributed by atoms with E-state index in [1.54, 1.807) is 23.5 Å². The first-order chi connectivity index (χ1) is 13.2. The number of carbonyl (C=O) groups is 2.